The number of anilines is 1. The molecule has 0 bridgehead atoms. The molecular formula is C10H9N3O3. The minimum absolute atomic E-state index is 0.435. The molecule has 0 aromatic heterocycles. The number of carbonyl (C=O) groups excluding carboxylic acids is 1. The molecule has 0 atom stereocenters. The summed E-state index contributed by atoms with van der Waals surface area (Å²) in [5, 5.41) is 19.3. The van der Waals surface area contributed by atoms with Crippen molar-refractivity contribution in [2.24, 2.45) is 0 Å². The minimum Gasteiger partial charge on any atom is -0.316 e. The molecule has 0 fully saturated rings. The van der Waals surface area contributed by atoms with E-state index in [-0.39, 0.29) is 0 Å². The Morgan fingerprint density at radius 1 is 1.44 bits per heavy atom. The van der Waals surface area contributed by atoms with Crippen LogP contribution in [-0.4, -0.2) is 16.7 Å². The molecular weight excluding hydrogens is 210 g/mol. The van der Waals surface area contributed by atoms with Crippen LogP contribution in [0, 0.1) is 22.4 Å². The number of rotatable bonds is 3. The van der Waals surface area contributed by atoms with Gasteiger partial charge in [0.2, 0.25) is 0 Å². The van der Waals surface area contributed by atoms with Crippen LogP contribution in [0.1, 0.15) is 5.56 Å². The van der Waals surface area contributed by atoms with Crippen molar-refractivity contribution in [2.75, 3.05) is 5.32 Å². The number of hydrogen-bond donors (Lipinski definition) is 2. The molecule has 16 heavy (non-hydrogen) atoms. The minimum atomic E-state index is -0.955. The standard InChI is InChI=1S/C10H9N3O3/c1-7-2-4-8(5-3-7)12-10(14)9(6-11)13(15)16/h2-5,11H,1H3,(H,12,14). The number of nitrogens with zero attached hydrogens (tertiary/aromatic N) is 1. The maximum atomic E-state index is 11.3. The topological polar surface area (TPSA) is 96.1 Å². The molecule has 0 unspecified atom stereocenters. The first kappa shape index (κ1) is 11.6. The van der Waals surface area contributed by atoms with Gasteiger partial charge in [0.05, 0.1) is 10.8 Å². The highest BCUT2D eigenvalue weighted by Crippen LogP contribution is 2.09. The highest BCUT2D eigenvalue weighted by molar-refractivity contribution is 6.06. The quantitative estimate of drug-likeness (QED) is 0.347. The van der Waals surface area contributed by atoms with E-state index in [4.69, 9.17) is 5.41 Å². The van der Waals surface area contributed by atoms with Gasteiger partial charge in [-0.05, 0) is 19.1 Å². The lowest BCUT2D eigenvalue weighted by Gasteiger charge is -2.02. The Morgan fingerprint density at radius 3 is 2.44 bits per heavy atom. The van der Waals surface area contributed by atoms with Gasteiger partial charge in [-0.3, -0.25) is 20.3 Å². The third-order valence-electron chi connectivity index (χ3n) is 1.83. The van der Waals surface area contributed by atoms with Crippen molar-refractivity contribution >= 4 is 17.5 Å². The lowest BCUT2D eigenvalue weighted by Crippen LogP contribution is -2.20. The molecule has 82 valence electrons. The number of nitro groups is 1. The van der Waals surface area contributed by atoms with Crippen molar-refractivity contribution in [3.63, 3.8) is 0 Å². The largest absolute Gasteiger partial charge is 0.394 e. The van der Waals surface area contributed by atoms with Gasteiger partial charge in [0.25, 0.3) is 0 Å². The predicted molar refractivity (Wildman–Crippen MR) is 58.0 cm³/mol. The molecule has 0 spiro atoms. The number of carbonyl (C=O) groups is 1. The van der Waals surface area contributed by atoms with Crippen LogP contribution in [0.15, 0.2) is 30.0 Å². The highest BCUT2D eigenvalue weighted by Gasteiger charge is 2.21. The van der Waals surface area contributed by atoms with E-state index in [2.05, 4.69) is 5.32 Å². The summed E-state index contributed by atoms with van der Waals surface area (Å²) >= 11 is 0. The normalized spacial score (nSPS) is 9.06. The van der Waals surface area contributed by atoms with Gasteiger partial charge in [0.15, 0.2) is 0 Å². The fraction of sp³-hybridized carbons (Fsp3) is 0.100. The molecule has 1 aromatic rings. The fourth-order valence-electron chi connectivity index (χ4n) is 1.01. The van der Waals surface area contributed by atoms with E-state index in [0.29, 0.717) is 5.69 Å². The smallest absolute Gasteiger partial charge is 0.316 e. The number of hydrogen-bond acceptors (Lipinski definition) is 4. The molecule has 1 aromatic carbocycles. The van der Waals surface area contributed by atoms with Gasteiger partial charge in [0, 0.05) is 5.69 Å². The molecule has 0 heterocycles. The Bertz CT molecular complexity index is 473. The number of amides is 1. The second kappa shape index (κ2) is 4.86. The summed E-state index contributed by atoms with van der Waals surface area (Å²) in [7, 11) is 0. The molecule has 0 radical (unpaired) electrons. The lowest BCUT2D eigenvalue weighted by atomic mass is 10.2. The third kappa shape index (κ3) is 2.76. The maximum absolute atomic E-state index is 11.3. The van der Waals surface area contributed by atoms with E-state index in [0.717, 1.165) is 5.56 Å². The van der Waals surface area contributed by atoms with Gasteiger partial charge in [-0.1, -0.05) is 17.7 Å². The molecule has 0 aliphatic rings. The summed E-state index contributed by atoms with van der Waals surface area (Å²) in [6.45, 7) is 1.88. The first-order valence-electron chi connectivity index (χ1n) is 4.36. The molecule has 0 aliphatic heterocycles. The van der Waals surface area contributed by atoms with Gasteiger partial charge >= 0.3 is 11.6 Å². The van der Waals surface area contributed by atoms with Gasteiger partial charge in [-0.15, -0.1) is 0 Å². The van der Waals surface area contributed by atoms with Crippen LogP contribution >= 0.6 is 0 Å². The van der Waals surface area contributed by atoms with Crippen LogP contribution in [0.4, 0.5) is 5.69 Å². The van der Waals surface area contributed by atoms with Crippen molar-refractivity contribution in [3.8, 4) is 0 Å². The van der Waals surface area contributed by atoms with E-state index in [1.165, 1.54) is 5.87 Å². The molecule has 1 amide bonds. The second-order valence-corrected chi connectivity index (χ2v) is 3.05. The van der Waals surface area contributed by atoms with Crippen molar-refractivity contribution in [2.45, 2.75) is 6.92 Å². The van der Waals surface area contributed by atoms with E-state index >= 15 is 0 Å². The Labute approximate surface area is 91.3 Å². The molecule has 0 saturated carbocycles. The van der Waals surface area contributed by atoms with Crippen molar-refractivity contribution in [3.05, 3.63) is 45.6 Å². The van der Waals surface area contributed by atoms with E-state index in [9.17, 15) is 14.9 Å². The molecule has 0 saturated heterocycles. The SMILES string of the molecule is Cc1ccc(NC(=O)C(=C=N)[N+](=O)[O-])cc1. The summed E-state index contributed by atoms with van der Waals surface area (Å²) in [5.74, 6) is 0.534. The number of aryl methyl sites for hydroxylation is 1. The van der Waals surface area contributed by atoms with Crippen molar-refractivity contribution < 1.29 is 9.72 Å². The Hall–Kier alpha value is -2.46. The summed E-state index contributed by atoms with van der Waals surface area (Å²) in [5.41, 5.74) is 0.529. The van der Waals surface area contributed by atoms with Crippen LogP contribution in [0.25, 0.3) is 0 Å². The lowest BCUT2D eigenvalue weighted by molar-refractivity contribution is -0.415. The van der Waals surface area contributed by atoms with Crippen molar-refractivity contribution in [1.82, 2.24) is 0 Å². The van der Waals surface area contributed by atoms with E-state index in [1.807, 2.05) is 6.92 Å². The van der Waals surface area contributed by atoms with Crippen LogP contribution in [0.3, 0.4) is 0 Å². The van der Waals surface area contributed by atoms with Crippen LogP contribution < -0.4 is 5.32 Å². The maximum Gasteiger partial charge on any atom is 0.394 e. The second-order valence-electron chi connectivity index (χ2n) is 3.05. The number of benzene rings is 1. The van der Waals surface area contributed by atoms with Crippen molar-refractivity contribution in [1.29, 1.82) is 5.41 Å². The third-order valence-corrected chi connectivity index (χ3v) is 1.83. The first-order chi connectivity index (χ1) is 7.54. The molecule has 6 heteroatoms. The van der Waals surface area contributed by atoms with Gasteiger partial charge in [-0.25, -0.2) is 0 Å². The zero-order valence-corrected chi connectivity index (χ0v) is 8.48. The first-order valence-corrected chi connectivity index (χ1v) is 4.36. The van der Waals surface area contributed by atoms with Gasteiger partial charge < -0.3 is 5.32 Å². The monoisotopic (exact) mass is 219 g/mol. The van der Waals surface area contributed by atoms with Crippen LogP contribution in [0.5, 0.6) is 0 Å². The van der Waals surface area contributed by atoms with Gasteiger partial charge in [-0.2, -0.15) is 0 Å². The summed E-state index contributed by atoms with van der Waals surface area (Å²) in [6, 6.07) is 6.76. The molecule has 1 rings (SSSR count). The summed E-state index contributed by atoms with van der Waals surface area (Å²) in [4.78, 5) is 20.7. The molecule has 0 aliphatic carbocycles. The number of nitrogens with one attached hydrogen (secondary N) is 2. The Balaban J connectivity index is 2.83. The Morgan fingerprint density at radius 2 is 2.00 bits per heavy atom. The summed E-state index contributed by atoms with van der Waals surface area (Å²) in [6.07, 6.45) is 0. The Kier molecular flexibility index (Phi) is 3.53. The molecule has 6 nitrogen and oxygen atoms in total. The van der Waals surface area contributed by atoms with Gasteiger partial charge in [0.1, 0.15) is 0 Å². The molecule has 2 N–H and O–H groups in total. The zero-order valence-electron chi connectivity index (χ0n) is 8.48. The highest BCUT2D eigenvalue weighted by atomic mass is 16.6. The van der Waals surface area contributed by atoms with E-state index in [1.54, 1.807) is 24.3 Å². The predicted octanol–water partition coefficient (Wildman–Crippen LogP) is 1.34. The zero-order chi connectivity index (χ0) is 12.1. The van der Waals surface area contributed by atoms with E-state index < -0.39 is 16.5 Å². The average molecular weight is 219 g/mol. The van der Waals surface area contributed by atoms with Crippen LogP contribution in [0.2, 0.25) is 0 Å². The van der Waals surface area contributed by atoms with Crippen LogP contribution in [-0.2, 0) is 4.79 Å². The summed E-state index contributed by atoms with van der Waals surface area (Å²) < 4.78 is 0. The average Bonchev–Trinajstić information content (AvgIpc) is 2.22. The fourth-order valence-corrected chi connectivity index (χ4v) is 1.01.